The van der Waals surface area contributed by atoms with E-state index in [1.54, 1.807) is 31.2 Å². The highest BCUT2D eigenvalue weighted by Crippen LogP contribution is 2.38. The number of rotatable bonds is 8. The van der Waals surface area contributed by atoms with Crippen LogP contribution in [0.3, 0.4) is 0 Å². The van der Waals surface area contributed by atoms with Crippen LogP contribution in [0.2, 0.25) is 0 Å². The van der Waals surface area contributed by atoms with Gasteiger partial charge < -0.3 is 14.2 Å². The van der Waals surface area contributed by atoms with Gasteiger partial charge in [-0.1, -0.05) is 28.6 Å². The molecule has 1 aliphatic heterocycles. The smallest absolute Gasteiger partial charge is 0.326 e. The summed E-state index contributed by atoms with van der Waals surface area (Å²) in [6.07, 6.45) is 3.17. The largest absolute Gasteiger partial charge is 0.493 e. The number of esters is 1. The number of thioether (sulfide) groups is 1. The van der Waals surface area contributed by atoms with E-state index in [9.17, 15) is 14.4 Å². The van der Waals surface area contributed by atoms with Crippen LogP contribution >= 0.6 is 27.7 Å². The first-order valence-corrected chi connectivity index (χ1v) is 9.54. The van der Waals surface area contributed by atoms with Crippen LogP contribution in [0.1, 0.15) is 12.5 Å². The van der Waals surface area contributed by atoms with Gasteiger partial charge in [0.05, 0.1) is 18.6 Å². The van der Waals surface area contributed by atoms with Crippen LogP contribution in [0, 0.1) is 0 Å². The van der Waals surface area contributed by atoms with Gasteiger partial charge >= 0.3 is 5.97 Å². The van der Waals surface area contributed by atoms with Gasteiger partial charge in [0.1, 0.15) is 13.2 Å². The maximum Gasteiger partial charge on any atom is 0.326 e. The quantitative estimate of drug-likeness (QED) is 0.336. The molecule has 2 amide bonds. The number of amides is 2. The van der Waals surface area contributed by atoms with Gasteiger partial charge in [0.2, 0.25) is 0 Å². The van der Waals surface area contributed by atoms with Gasteiger partial charge in [-0.25, -0.2) is 0 Å². The fraction of sp³-hybridized carbons (Fsp3) is 0.278. The molecule has 1 aromatic rings. The molecule has 0 bridgehead atoms. The number of hydrogen-bond acceptors (Lipinski definition) is 7. The minimum absolute atomic E-state index is 0.178. The summed E-state index contributed by atoms with van der Waals surface area (Å²) < 4.78 is 16.3. The number of imide groups is 1. The first-order valence-electron chi connectivity index (χ1n) is 7.93. The Labute approximate surface area is 169 Å². The predicted octanol–water partition coefficient (Wildman–Crippen LogP) is 3.62. The van der Waals surface area contributed by atoms with Crippen molar-refractivity contribution >= 4 is 50.9 Å². The van der Waals surface area contributed by atoms with Crippen LogP contribution in [-0.2, 0) is 14.3 Å². The summed E-state index contributed by atoms with van der Waals surface area (Å²) in [7, 11) is 1.50. The lowest BCUT2D eigenvalue weighted by atomic mass is 10.2. The van der Waals surface area contributed by atoms with Gasteiger partial charge in [-0.2, -0.15) is 0 Å². The molecule has 0 aliphatic carbocycles. The fourth-order valence-electron chi connectivity index (χ4n) is 2.20. The van der Waals surface area contributed by atoms with E-state index in [0.717, 1.165) is 16.7 Å². The Kier molecular flexibility index (Phi) is 7.49. The Hall–Kier alpha value is -2.26. The van der Waals surface area contributed by atoms with Crippen LogP contribution in [0.5, 0.6) is 11.5 Å². The third kappa shape index (κ3) is 5.14. The second kappa shape index (κ2) is 9.61. The van der Waals surface area contributed by atoms with E-state index in [-0.39, 0.29) is 11.5 Å². The standard InChI is InChI=1S/C18H18BrNO6S/c1-4-6-26-14-9-12(19)11(7-13(14)24-3)8-15-17(22)20(18(23)27-15)10-16(21)25-5-2/h4,7-9H,1,5-6,10H2,2-3H3/b15-8+. The molecule has 1 aromatic carbocycles. The van der Waals surface area contributed by atoms with E-state index in [0.29, 0.717) is 28.1 Å². The summed E-state index contributed by atoms with van der Waals surface area (Å²) in [4.78, 5) is 37.2. The normalized spacial score (nSPS) is 15.2. The van der Waals surface area contributed by atoms with Crippen LogP contribution in [0.4, 0.5) is 4.79 Å². The number of benzene rings is 1. The molecule has 0 saturated carbocycles. The van der Waals surface area contributed by atoms with E-state index >= 15 is 0 Å². The molecular formula is C18H18BrNO6S. The minimum atomic E-state index is -0.632. The molecule has 0 spiro atoms. The molecule has 0 aromatic heterocycles. The van der Waals surface area contributed by atoms with Crippen molar-refractivity contribution in [2.75, 3.05) is 26.9 Å². The topological polar surface area (TPSA) is 82.1 Å². The minimum Gasteiger partial charge on any atom is -0.493 e. The number of nitrogens with zero attached hydrogens (tertiary/aromatic N) is 1. The lowest BCUT2D eigenvalue weighted by Crippen LogP contribution is -2.34. The zero-order valence-electron chi connectivity index (χ0n) is 14.8. The van der Waals surface area contributed by atoms with Crippen LogP contribution < -0.4 is 9.47 Å². The van der Waals surface area contributed by atoms with Crippen molar-refractivity contribution in [3.63, 3.8) is 0 Å². The molecule has 1 aliphatic rings. The van der Waals surface area contributed by atoms with E-state index in [2.05, 4.69) is 22.5 Å². The second-order valence-electron chi connectivity index (χ2n) is 5.20. The molecule has 144 valence electrons. The molecule has 1 heterocycles. The number of halogens is 1. The van der Waals surface area contributed by atoms with Gasteiger partial charge in [0, 0.05) is 4.47 Å². The molecule has 9 heteroatoms. The monoisotopic (exact) mass is 455 g/mol. The lowest BCUT2D eigenvalue weighted by Gasteiger charge is -2.12. The van der Waals surface area contributed by atoms with Crippen molar-refractivity contribution in [2.45, 2.75) is 6.92 Å². The maximum atomic E-state index is 12.5. The lowest BCUT2D eigenvalue weighted by molar-refractivity contribution is -0.145. The molecule has 0 N–H and O–H groups in total. The van der Waals surface area contributed by atoms with Crippen molar-refractivity contribution in [3.8, 4) is 11.5 Å². The average molecular weight is 456 g/mol. The highest BCUT2D eigenvalue weighted by Gasteiger charge is 2.36. The van der Waals surface area contributed by atoms with Gasteiger partial charge in [0.25, 0.3) is 11.1 Å². The van der Waals surface area contributed by atoms with Gasteiger partial charge in [-0.3, -0.25) is 19.3 Å². The summed E-state index contributed by atoms with van der Waals surface area (Å²) in [6, 6.07) is 3.39. The number of hydrogen-bond donors (Lipinski definition) is 0. The number of carbonyl (C=O) groups excluding carboxylic acids is 3. The Balaban J connectivity index is 2.27. The molecule has 0 atom stereocenters. The molecule has 0 unspecified atom stereocenters. The Morgan fingerprint density at radius 3 is 2.70 bits per heavy atom. The van der Waals surface area contributed by atoms with E-state index in [1.165, 1.54) is 7.11 Å². The van der Waals surface area contributed by atoms with Crippen LogP contribution in [-0.4, -0.2) is 48.9 Å². The predicted molar refractivity (Wildman–Crippen MR) is 106 cm³/mol. The number of carbonyl (C=O) groups is 3. The van der Waals surface area contributed by atoms with Crippen molar-refractivity contribution in [3.05, 3.63) is 39.7 Å². The van der Waals surface area contributed by atoms with E-state index < -0.39 is 23.7 Å². The first-order chi connectivity index (χ1) is 12.9. The summed E-state index contributed by atoms with van der Waals surface area (Å²) >= 11 is 4.18. The van der Waals surface area contributed by atoms with Crippen molar-refractivity contribution in [2.24, 2.45) is 0 Å². The first kappa shape index (κ1) is 21.0. The highest BCUT2D eigenvalue weighted by molar-refractivity contribution is 9.10. The third-order valence-corrected chi connectivity index (χ3v) is 4.99. The van der Waals surface area contributed by atoms with Gasteiger partial charge in [0.15, 0.2) is 11.5 Å². The zero-order valence-corrected chi connectivity index (χ0v) is 17.2. The number of methoxy groups -OCH3 is 1. The summed E-state index contributed by atoms with van der Waals surface area (Å²) in [5.41, 5.74) is 0.624. The molecule has 2 rings (SSSR count). The Bertz CT molecular complexity index is 807. The molecule has 0 radical (unpaired) electrons. The molecule has 27 heavy (non-hydrogen) atoms. The van der Waals surface area contributed by atoms with Gasteiger partial charge in [-0.15, -0.1) is 0 Å². The molecule has 7 nitrogen and oxygen atoms in total. The summed E-state index contributed by atoms with van der Waals surface area (Å²) in [5.74, 6) is -0.197. The molecule has 1 fully saturated rings. The van der Waals surface area contributed by atoms with Crippen LogP contribution in [0.25, 0.3) is 6.08 Å². The van der Waals surface area contributed by atoms with Crippen molar-refractivity contribution < 1.29 is 28.6 Å². The second-order valence-corrected chi connectivity index (χ2v) is 7.04. The zero-order chi connectivity index (χ0) is 20.0. The van der Waals surface area contributed by atoms with Crippen molar-refractivity contribution in [1.29, 1.82) is 0 Å². The maximum absolute atomic E-state index is 12.5. The average Bonchev–Trinajstić information content (AvgIpc) is 2.89. The molecular weight excluding hydrogens is 438 g/mol. The van der Waals surface area contributed by atoms with E-state index in [1.807, 2.05) is 0 Å². The SMILES string of the molecule is C=CCOc1cc(Br)c(/C=C2/SC(=O)N(CC(=O)OCC)C2=O)cc1OC. The Morgan fingerprint density at radius 1 is 1.33 bits per heavy atom. The number of ether oxygens (including phenoxy) is 3. The van der Waals surface area contributed by atoms with Crippen LogP contribution in [0.15, 0.2) is 34.2 Å². The van der Waals surface area contributed by atoms with E-state index in [4.69, 9.17) is 14.2 Å². The fourth-order valence-corrected chi connectivity index (χ4v) is 3.46. The summed E-state index contributed by atoms with van der Waals surface area (Å²) in [6.45, 7) is 5.33. The third-order valence-electron chi connectivity index (χ3n) is 3.39. The molecule has 1 saturated heterocycles. The van der Waals surface area contributed by atoms with Gasteiger partial charge in [-0.05, 0) is 42.5 Å². The highest BCUT2D eigenvalue weighted by atomic mass is 79.9. The Morgan fingerprint density at radius 2 is 2.07 bits per heavy atom. The van der Waals surface area contributed by atoms with Crippen molar-refractivity contribution in [1.82, 2.24) is 4.90 Å². The summed E-state index contributed by atoms with van der Waals surface area (Å²) in [5, 5.41) is -0.520.